The summed E-state index contributed by atoms with van der Waals surface area (Å²) >= 11 is 4.49. The lowest BCUT2D eigenvalue weighted by molar-refractivity contribution is -0.490. The molecule has 0 radical (unpaired) electrons. The topological polar surface area (TPSA) is 52.4 Å². The molecule has 0 aromatic heterocycles. The molecule has 0 N–H and O–H groups in total. The van der Waals surface area contributed by atoms with Crippen LogP contribution in [0.1, 0.15) is 0 Å². The molecule has 1 atom stereocenters. The molecular formula is C4H3NO3S. The van der Waals surface area contributed by atoms with Crippen molar-refractivity contribution in [2.45, 2.75) is 6.04 Å². The van der Waals surface area contributed by atoms with Crippen molar-refractivity contribution in [2.24, 2.45) is 0 Å². The summed E-state index contributed by atoms with van der Waals surface area (Å²) in [7, 11) is 0. The molecule has 0 saturated carbocycles. The summed E-state index contributed by atoms with van der Waals surface area (Å²) in [4.78, 5) is 9.50. The van der Waals surface area contributed by atoms with E-state index >= 15 is 0 Å². The molecule has 0 fully saturated rings. The first-order valence-corrected chi connectivity index (χ1v) is 2.63. The smallest absolute Gasteiger partial charge is 0.301 e. The standard InChI is InChI=1S/C4H3NO3S/c6-5(7)3-1-2-8-4(3)9/h1-3H. The Hall–Kier alpha value is -0.970. The van der Waals surface area contributed by atoms with Crippen LogP contribution in [0.15, 0.2) is 12.3 Å². The maximum absolute atomic E-state index is 10.00. The Kier molecular flexibility index (Phi) is 1.44. The summed E-state index contributed by atoms with van der Waals surface area (Å²) in [5.41, 5.74) is 0. The molecule has 1 heterocycles. The van der Waals surface area contributed by atoms with Crippen LogP contribution in [0.5, 0.6) is 0 Å². The molecule has 0 aromatic carbocycles. The fraction of sp³-hybridized carbons (Fsp3) is 0.250. The molecule has 0 amide bonds. The average Bonchev–Trinajstić information content (AvgIpc) is 2.13. The van der Waals surface area contributed by atoms with E-state index in [1.165, 1.54) is 12.3 Å². The quantitative estimate of drug-likeness (QED) is 0.306. The van der Waals surface area contributed by atoms with Gasteiger partial charge in [-0.2, -0.15) is 0 Å². The van der Waals surface area contributed by atoms with Gasteiger partial charge in [0.15, 0.2) is 0 Å². The molecular weight excluding hydrogens is 142 g/mol. The van der Waals surface area contributed by atoms with Crippen LogP contribution in [0.25, 0.3) is 0 Å². The Balaban J connectivity index is 2.71. The van der Waals surface area contributed by atoms with Gasteiger partial charge in [-0.3, -0.25) is 10.1 Å². The zero-order valence-corrected chi connectivity index (χ0v) is 5.13. The van der Waals surface area contributed by atoms with E-state index in [9.17, 15) is 10.1 Å². The highest BCUT2D eigenvalue weighted by Gasteiger charge is 2.27. The fourth-order valence-corrected chi connectivity index (χ4v) is 0.706. The zero-order valence-electron chi connectivity index (χ0n) is 4.31. The van der Waals surface area contributed by atoms with Crippen molar-refractivity contribution >= 4 is 17.3 Å². The van der Waals surface area contributed by atoms with Crippen LogP contribution < -0.4 is 0 Å². The second-order valence-corrected chi connectivity index (χ2v) is 1.90. The Bertz CT molecular complexity index is 188. The van der Waals surface area contributed by atoms with Crippen LogP contribution >= 0.6 is 12.2 Å². The summed E-state index contributed by atoms with van der Waals surface area (Å²) in [6, 6.07) is -0.917. The van der Waals surface area contributed by atoms with E-state index in [2.05, 4.69) is 17.0 Å². The molecule has 4 nitrogen and oxygen atoms in total. The second-order valence-electron chi connectivity index (χ2n) is 1.50. The SMILES string of the molecule is O=[N+]([O-])C1C=COC1=S. The van der Waals surface area contributed by atoms with E-state index in [-0.39, 0.29) is 5.05 Å². The highest BCUT2D eigenvalue weighted by molar-refractivity contribution is 7.80. The van der Waals surface area contributed by atoms with Gasteiger partial charge in [-0.15, -0.1) is 0 Å². The van der Waals surface area contributed by atoms with E-state index in [0.29, 0.717) is 0 Å². The Morgan fingerprint density at radius 3 is 2.78 bits per heavy atom. The van der Waals surface area contributed by atoms with Gasteiger partial charge in [0.05, 0.1) is 6.26 Å². The predicted molar refractivity (Wildman–Crippen MR) is 33.6 cm³/mol. The van der Waals surface area contributed by atoms with Gasteiger partial charge in [-0.05, 0) is 12.2 Å². The molecule has 9 heavy (non-hydrogen) atoms. The van der Waals surface area contributed by atoms with Gasteiger partial charge in [0.25, 0.3) is 0 Å². The first-order chi connectivity index (χ1) is 4.22. The fourth-order valence-electron chi connectivity index (χ4n) is 0.485. The molecule has 0 bridgehead atoms. The van der Waals surface area contributed by atoms with Gasteiger partial charge in [-0.25, -0.2) is 0 Å². The summed E-state index contributed by atoms with van der Waals surface area (Å²) in [5.74, 6) is 0. The average molecular weight is 145 g/mol. The minimum absolute atomic E-state index is 0.0139. The number of ether oxygens (including phenoxy) is 1. The molecule has 1 rings (SSSR count). The molecule has 1 unspecified atom stereocenters. The maximum atomic E-state index is 10.00. The number of nitro groups is 1. The summed E-state index contributed by atoms with van der Waals surface area (Å²) < 4.78 is 4.54. The predicted octanol–water partition coefficient (Wildman–Crippen LogP) is 0.503. The Labute approximate surface area is 56.3 Å². The van der Waals surface area contributed by atoms with Gasteiger partial charge in [-0.1, -0.05) is 0 Å². The van der Waals surface area contributed by atoms with Crippen molar-refractivity contribution < 1.29 is 9.66 Å². The van der Waals surface area contributed by atoms with E-state index in [1.54, 1.807) is 0 Å². The van der Waals surface area contributed by atoms with Gasteiger partial charge < -0.3 is 4.74 Å². The minimum Gasteiger partial charge on any atom is -0.451 e. The molecule has 1 aliphatic rings. The van der Waals surface area contributed by atoms with E-state index in [1.807, 2.05) is 0 Å². The molecule has 5 heteroatoms. The lowest BCUT2D eigenvalue weighted by Crippen LogP contribution is -2.22. The molecule has 0 aromatic rings. The van der Waals surface area contributed by atoms with Crippen LogP contribution in [-0.4, -0.2) is 16.0 Å². The van der Waals surface area contributed by atoms with Crippen LogP contribution in [0.3, 0.4) is 0 Å². The van der Waals surface area contributed by atoms with Crippen LogP contribution in [0.2, 0.25) is 0 Å². The first-order valence-electron chi connectivity index (χ1n) is 2.22. The number of hydrogen-bond donors (Lipinski definition) is 0. The maximum Gasteiger partial charge on any atom is 0.301 e. The van der Waals surface area contributed by atoms with Crippen molar-refractivity contribution in [2.75, 3.05) is 0 Å². The van der Waals surface area contributed by atoms with Crippen LogP contribution in [0, 0.1) is 10.1 Å². The molecule has 0 spiro atoms. The van der Waals surface area contributed by atoms with Crippen LogP contribution in [-0.2, 0) is 4.74 Å². The van der Waals surface area contributed by atoms with Gasteiger partial charge in [0.2, 0.25) is 5.05 Å². The van der Waals surface area contributed by atoms with Crippen molar-refractivity contribution in [3.8, 4) is 0 Å². The van der Waals surface area contributed by atoms with Crippen molar-refractivity contribution in [3.05, 3.63) is 22.5 Å². The lowest BCUT2D eigenvalue weighted by Gasteiger charge is -1.95. The monoisotopic (exact) mass is 145 g/mol. The first kappa shape index (κ1) is 6.15. The number of thiocarbonyl (C=S) groups is 1. The Morgan fingerprint density at radius 1 is 1.89 bits per heavy atom. The van der Waals surface area contributed by atoms with E-state index in [0.717, 1.165) is 0 Å². The minimum atomic E-state index is -0.917. The zero-order chi connectivity index (χ0) is 6.85. The highest BCUT2D eigenvalue weighted by atomic mass is 32.1. The largest absolute Gasteiger partial charge is 0.451 e. The third kappa shape index (κ3) is 1.05. The Morgan fingerprint density at radius 2 is 2.56 bits per heavy atom. The van der Waals surface area contributed by atoms with Crippen LogP contribution in [0.4, 0.5) is 0 Å². The number of rotatable bonds is 1. The molecule has 0 saturated heterocycles. The normalized spacial score (nSPS) is 24.0. The lowest BCUT2D eigenvalue weighted by atomic mass is 10.4. The molecule has 0 aliphatic carbocycles. The van der Waals surface area contributed by atoms with Gasteiger partial charge >= 0.3 is 6.04 Å². The van der Waals surface area contributed by atoms with Gasteiger partial charge in [0, 0.05) is 11.0 Å². The number of nitrogens with zero attached hydrogens (tertiary/aromatic N) is 1. The molecule has 1 aliphatic heterocycles. The third-order valence-electron chi connectivity index (χ3n) is 0.914. The highest BCUT2D eigenvalue weighted by Crippen LogP contribution is 2.06. The molecule has 48 valence electrons. The summed E-state index contributed by atoms with van der Waals surface area (Å²) in [5, 5.41) is 10.0. The number of hydrogen-bond acceptors (Lipinski definition) is 4. The third-order valence-corrected chi connectivity index (χ3v) is 1.25. The van der Waals surface area contributed by atoms with Crippen molar-refractivity contribution in [1.29, 1.82) is 0 Å². The van der Waals surface area contributed by atoms with Crippen molar-refractivity contribution in [1.82, 2.24) is 0 Å². The van der Waals surface area contributed by atoms with E-state index in [4.69, 9.17) is 0 Å². The second kappa shape index (κ2) is 2.10. The van der Waals surface area contributed by atoms with E-state index < -0.39 is 11.0 Å². The van der Waals surface area contributed by atoms with Gasteiger partial charge in [0.1, 0.15) is 0 Å². The summed E-state index contributed by atoms with van der Waals surface area (Å²) in [6.45, 7) is 0. The van der Waals surface area contributed by atoms with Crippen molar-refractivity contribution in [3.63, 3.8) is 0 Å². The summed E-state index contributed by atoms with van der Waals surface area (Å²) in [6.07, 6.45) is 2.54.